The van der Waals surface area contributed by atoms with Gasteiger partial charge in [0.25, 0.3) is 0 Å². The fourth-order valence-corrected chi connectivity index (χ4v) is 3.16. The van der Waals surface area contributed by atoms with Gasteiger partial charge in [0.05, 0.1) is 11.7 Å². The summed E-state index contributed by atoms with van der Waals surface area (Å²) in [7, 11) is 0. The zero-order valence-corrected chi connectivity index (χ0v) is 13.0. The molecule has 0 aromatic carbocycles. The fourth-order valence-electron chi connectivity index (χ4n) is 2.39. The third-order valence-electron chi connectivity index (χ3n) is 3.55. The van der Waals surface area contributed by atoms with Crippen LogP contribution in [0.3, 0.4) is 0 Å². The van der Waals surface area contributed by atoms with Crippen LogP contribution in [-0.2, 0) is 6.54 Å². The van der Waals surface area contributed by atoms with Gasteiger partial charge in [-0.1, -0.05) is 0 Å². The van der Waals surface area contributed by atoms with Crippen molar-refractivity contribution in [1.29, 1.82) is 0 Å². The molecule has 3 rings (SSSR count). The minimum absolute atomic E-state index is 0.0239. The molecule has 2 N–H and O–H groups in total. The number of rotatable bonds is 4. The second-order valence-electron chi connectivity index (χ2n) is 5.28. The smallest absolute Gasteiger partial charge is 0.225 e. The second-order valence-corrected chi connectivity index (χ2v) is 6.17. The Labute approximate surface area is 128 Å². The molecule has 21 heavy (non-hydrogen) atoms. The van der Waals surface area contributed by atoms with Crippen molar-refractivity contribution in [2.75, 3.05) is 31.1 Å². The minimum Gasteiger partial charge on any atom is -0.338 e. The summed E-state index contributed by atoms with van der Waals surface area (Å²) in [5, 5.41) is 3.13. The van der Waals surface area contributed by atoms with E-state index in [1.54, 1.807) is 23.7 Å². The summed E-state index contributed by atoms with van der Waals surface area (Å²) in [6, 6.07) is 1.87. The maximum Gasteiger partial charge on any atom is 0.225 e. The Balaban J connectivity index is 1.54. The van der Waals surface area contributed by atoms with Crippen molar-refractivity contribution in [1.82, 2.24) is 19.9 Å². The molecule has 1 aliphatic heterocycles. The third-order valence-corrected chi connectivity index (χ3v) is 4.65. The first-order valence-corrected chi connectivity index (χ1v) is 8.04. The molecule has 0 radical (unpaired) electrons. The number of nitrogens with zero attached hydrogens (tertiary/aromatic N) is 5. The van der Waals surface area contributed by atoms with Crippen molar-refractivity contribution < 1.29 is 0 Å². The third kappa shape index (κ3) is 3.55. The van der Waals surface area contributed by atoms with Crippen molar-refractivity contribution in [3.8, 4) is 0 Å². The molecule has 112 valence electrons. The summed E-state index contributed by atoms with van der Waals surface area (Å²) in [6.45, 7) is 6.78. The van der Waals surface area contributed by atoms with Gasteiger partial charge < -0.3 is 10.6 Å². The zero-order valence-electron chi connectivity index (χ0n) is 12.1. The van der Waals surface area contributed by atoms with Crippen LogP contribution in [0.15, 0.2) is 23.8 Å². The highest BCUT2D eigenvalue weighted by atomic mass is 32.1. The first-order valence-electron chi connectivity index (χ1n) is 7.16. The second kappa shape index (κ2) is 6.46. The molecule has 0 amide bonds. The summed E-state index contributed by atoms with van der Waals surface area (Å²) < 4.78 is 0. The molecule has 1 unspecified atom stereocenters. The van der Waals surface area contributed by atoms with Crippen LogP contribution in [0.4, 0.5) is 5.95 Å². The zero-order chi connectivity index (χ0) is 14.7. The Morgan fingerprint density at radius 3 is 2.57 bits per heavy atom. The average Bonchev–Trinajstić information content (AvgIpc) is 2.98. The molecule has 2 aromatic heterocycles. The lowest BCUT2D eigenvalue weighted by molar-refractivity contribution is 0.246. The van der Waals surface area contributed by atoms with E-state index in [9.17, 15) is 0 Å². The summed E-state index contributed by atoms with van der Waals surface area (Å²) in [5.41, 5.74) is 6.98. The van der Waals surface area contributed by atoms with Crippen LogP contribution in [0, 0.1) is 0 Å². The van der Waals surface area contributed by atoms with Crippen LogP contribution < -0.4 is 10.6 Å². The first kappa shape index (κ1) is 14.4. The van der Waals surface area contributed by atoms with E-state index in [1.807, 2.05) is 13.0 Å². The van der Waals surface area contributed by atoms with Gasteiger partial charge in [0.15, 0.2) is 0 Å². The molecule has 0 aliphatic carbocycles. The molecule has 1 atom stereocenters. The monoisotopic (exact) mass is 304 g/mol. The number of piperazine rings is 1. The lowest BCUT2D eigenvalue weighted by Gasteiger charge is -2.34. The molecule has 3 heterocycles. The number of thiazole rings is 1. The molecule has 1 fully saturated rings. The van der Waals surface area contributed by atoms with E-state index in [-0.39, 0.29) is 6.04 Å². The van der Waals surface area contributed by atoms with E-state index in [0.29, 0.717) is 0 Å². The minimum atomic E-state index is 0.0239. The van der Waals surface area contributed by atoms with Gasteiger partial charge in [0.1, 0.15) is 5.01 Å². The lowest BCUT2D eigenvalue weighted by Crippen LogP contribution is -2.46. The van der Waals surface area contributed by atoms with Crippen LogP contribution in [0.1, 0.15) is 23.7 Å². The molecular weight excluding hydrogens is 284 g/mol. The summed E-state index contributed by atoms with van der Waals surface area (Å²) in [6.07, 6.45) is 3.58. The normalized spacial score (nSPS) is 17.9. The number of hydrogen-bond donors (Lipinski definition) is 1. The van der Waals surface area contributed by atoms with Gasteiger partial charge in [-0.25, -0.2) is 15.0 Å². The molecule has 0 saturated carbocycles. The topological polar surface area (TPSA) is 71.2 Å². The van der Waals surface area contributed by atoms with Gasteiger partial charge in [0.2, 0.25) is 5.95 Å². The fraction of sp³-hybridized carbons (Fsp3) is 0.500. The molecule has 1 aliphatic rings. The molecule has 1 saturated heterocycles. The standard InChI is InChI=1S/C14H20N6S/c1-11(15)13-18-12(10-21-13)9-19-5-7-20(8-6-19)14-16-3-2-4-17-14/h2-4,10-11H,5-9,15H2,1H3. The number of hydrogen-bond acceptors (Lipinski definition) is 7. The molecule has 6 nitrogen and oxygen atoms in total. The Morgan fingerprint density at radius 1 is 1.24 bits per heavy atom. The van der Waals surface area contributed by atoms with Crippen LogP contribution in [0.2, 0.25) is 0 Å². The number of nitrogens with two attached hydrogens (primary N) is 1. The predicted octanol–water partition coefficient (Wildman–Crippen LogP) is 1.27. The van der Waals surface area contributed by atoms with Crippen molar-refractivity contribution in [3.63, 3.8) is 0 Å². The molecule has 0 bridgehead atoms. The highest BCUT2D eigenvalue weighted by Gasteiger charge is 2.19. The van der Waals surface area contributed by atoms with Gasteiger partial charge in [-0.05, 0) is 13.0 Å². The Kier molecular flexibility index (Phi) is 4.42. The predicted molar refractivity (Wildman–Crippen MR) is 84.2 cm³/mol. The van der Waals surface area contributed by atoms with E-state index in [0.717, 1.165) is 49.4 Å². The van der Waals surface area contributed by atoms with E-state index in [2.05, 4.69) is 30.1 Å². The van der Waals surface area contributed by atoms with E-state index < -0.39 is 0 Å². The molecule has 0 spiro atoms. The first-order chi connectivity index (χ1) is 10.2. The maximum absolute atomic E-state index is 5.86. The van der Waals surface area contributed by atoms with Crippen LogP contribution in [0.25, 0.3) is 0 Å². The van der Waals surface area contributed by atoms with Crippen molar-refractivity contribution in [2.45, 2.75) is 19.5 Å². The summed E-state index contributed by atoms with van der Waals surface area (Å²) >= 11 is 1.65. The van der Waals surface area contributed by atoms with Gasteiger partial charge in [-0.15, -0.1) is 11.3 Å². The van der Waals surface area contributed by atoms with Gasteiger partial charge in [0, 0.05) is 50.5 Å². The van der Waals surface area contributed by atoms with E-state index in [1.165, 1.54) is 0 Å². The lowest BCUT2D eigenvalue weighted by atomic mass is 10.3. The van der Waals surface area contributed by atoms with Gasteiger partial charge in [-0.2, -0.15) is 0 Å². The van der Waals surface area contributed by atoms with E-state index >= 15 is 0 Å². The van der Waals surface area contributed by atoms with Crippen LogP contribution >= 0.6 is 11.3 Å². The number of aromatic nitrogens is 3. The van der Waals surface area contributed by atoms with Gasteiger partial charge in [-0.3, -0.25) is 4.90 Å². The van der Waals surface area contributed by atoms with E-state index in [4.69, 9.17) is 5.73 Å². The maximum atomic E-state index is 5.86. The quantitative estimate of drug-likeness (QED) is 0.917. The Bertz CT molecular complexity index is 562. The van der Waals surface area contributed by atoms with Crippen LogP contribution in [-0.4, -0.2) is 46.0 Å². The SMILES string of the molecule is CC(N)c1nc(CN2CCN(c3ncccn3)CC2)cs1. The number of anilines is 1. The van der Waals surface area contributed by atoms with Crippen molar-refractivity contribution in [3.05, 3.63) is 34.5 Å². The molecule has 2 aromatic rings. The highest BCUT2D eigenvalue weighted by molar-refractivity contribution is 7.09. The highest BCUT2D eigenvalue weighted by Crippen LogP contribution is 2.18. The molecule has 7 heteroatoms. The van der Waals surface area contributed by atoms with Crippen molar-refractivity contribution >= 4 is 17.3 Å². The average molecular weight is 304 g/mol. The van der Waals surface area contributed by atoms with Crippen molar-refractivity contribution in [2.24, 2.45) is 5.73 Å². The summed E-state index contributed by atoms with van der Waals surface area (Å²) in [4.78, 5) is 17.8. The van der Waals surface area contributed by atoms with Gasteiger partial charge >= 0.3 is 0 Å². The van der Waals surface area contributed by atoms with Crippen LogP contribution in [0.5, 0.6) is 0 Å². The molecular formula is C14H20N6S. The largest absolute Gasteiger partial charge is 0.338 e. The summed E-state index contributed by atoms with van der Waals surface area (Å²) in [5.74, 6) is 0.824. The Morgan fingerprint density at radius 2 is 1.95 bits per heavy atom. The Hall–Kier alpha value is -1.57.